The van der Waals surface area contributed by atoms with E-state index in [1.54, 1.807) is 31.4 Å². The first-order valence-corrected chi connectivity index (χ1v) is 6.13. The van der Waals surface area contributed by atoms with Crippen LogP contribution < -0.4 is 16.0 Å². The zero-order valence-electron chi connectivity index (χ0n) is 11.4. The highest BCUT2D eigenvalue weighted by atomic mass is 16.7. The maximum atomic E-state index is 12.4. The third kappa shape index (κ3) is 1.42. The van der Waals surface area contributed by atoms with Gasteiger partial charge in [-0.25, -0.2) is 4.79 Å². The van der Waals surface area contributed by atoms with Crippen LogP contribution in [0.25, 0.3) is 5.57 Å². The molecule has 0 fully saturated rings. The number of hydrogen-bond donors (Lipinski definition) is 0. The molecule has 1 aromatic heterocycles. The highest BCUT2D eigenvalue weighted by Gasteiger charge is 2.46. The molecule has 0 spiro atoms. The third-order valence-corrected chi connectivity index (χ3v) is 3.61. The summed E-state index contributed by atoms with van der Waals surface area (Å²) in [6.45, 7) is 0. The van der Waals surface area contributed by atoms with Crippen LogP contribution in [0, 0.1) is 0 Å². The molecule has 0 aromatic carbocycles. The normalized spacial score (nSPS) is 22.9. The summed E-state index contributed by atoms with van der Waals surface area (Å²) in [5.41, 5.74) is 0.123. The fraction of sp³-hybridized carbons (Fsp3) is 0.286. The molecule has 6 nitrogen and oxygen atoms in total. The Bertz CT molecular complexity index is 795. The standard InChI is InChI=1S/C14H14N2O4/c1-15-11(17)10-9-7-5-4-6-8-14(9,19-3)20-12(10)16(2)13(15)18/h4-8H,1-3H3. The van der Waals surface area contributed by atoms with E-state index in [2.05, 4.69) is 0 Å². The Morgan fingerprint density at radius 3 is 2.60 bits per heavy atom. The van der Waals surface area contributed by atoms with Crippen LogP contribution in [0.1, 0.15) is 5.56 Å². The number of methoxy groups -OCH3 is 1. The van der Waals surface area contributed by atoms with Gasteiger partial charge in [-0.1, -0.05) is 24.3 Å². The van der Waals surface area contributed by atoms with Crippen LogP contribution in [0.5, 0.6) is 5.88 Å². The molecule has 0 saturated heterocycles. The Hall–Kier alpha value is -2.34. The van der Waals surface area contributed by atoms with Gasteiger partial charge in [0, 0.05) is 26.8 Å². The first-order valence-electron chi connectivity index (χ1n) is 6.13. The first-order chi connectivity index (χ1) is 9.52. The molecule has 3 rings (SSSR count). The van der Waals surface area contributed by atoms with E-state index in [1.165, 1.54) is 18.7 Å². The molecule has 2 heterocycles. The summed E-state index contributed by atoms with van der Waals surface area (Å²) in [5.74, 6) is -0.935. The summed E-state index contributed by atoms with van der Waals surface area (Å²) >= 11 is 0. The fourth-order valence-electron chi connectivity index (χ4n) is 2.49. The predicted molar refractivity (Wildman–Crippen MR) is 73.5 cm³/mol. The molecule has 104 valence electrons. The lowest BCUT2D eigenvalue weighted by Crippen LogP contribution is -2.38. The summed E-state index contributed by atoms with van der Waals surface area (Å²) in [4.78, 5) is 24.4. The van der Waals surface area contributed by atoms with Crippen molar-refractivity contribution in [3.05, 3.63) is 56.8 Å². The van der Waals surface area contributed by atoms with Crippen LogP contribution in [-0.2, 0) is 18.8 Å². The van der Waals surface area contributed by atoms with Crippen LogP contribution in [0.3, 0.4) is 0 Å². The number of ether oxygens (including phenoxy) is 2. The van der Waals surface area contributed by atoms with Crippen molar-refractivity contribution < 1.29 is 9.47 Å². The SMILES string of the molecule is COC12C=CC=CC=C1c1c(n(C)c(=O)n(C)c1=O)O2. The number of aromatic nitrogens is 2. The molecule has 0 bridgehead atoms. The monoisotopic (exact) mass is 274 g/mol. The van der Waals surface area contributed by atoms with E-state index in [9.17, 15) is 9.59 Å². The summed E-state index contributed by atoms with van der Waals surface area (Å²) in [6.07, 6.45) is 8.88. The van der Waals surface area contributed by atoms with E-state index in [0.29, 0.717) is 11.1 Å². The van der Waals surface area contributed by atoms with Gasteiger partial charge < -0.3 is 9.47 Å². The van der Waals surface area contributed by atoms with Crippen molar-refractivity contribution in [1.29, 1.82) is 0 Å². The van der Waals surface area contributed by atoms with Crippen LogP contribution in [0.4, 0.5) is 0 Å². The van der Waals surface area contributed by atoms with Crippen molar-refractivity contribution in [3.63, 3.8) is 0 Å². The van der Waals surface area contributed by atoms with E-state index >= 15 is 0 Å². The molecule has 0 amide bonds. The van der Waals surface area contributed by atoms with Crippen molar-refractivity contribution >= 4 is 5.57 Å². The quantitative estimate of drug-likeness (QED) is 0.740. The lowest BCUT2D eigenvalue weighted by atomic mass is 10.0. The number of allylic oxidation sites excluding steroid dienone is 4. The Morgan fingerprint density at radius 1 is 1.15 bits per heavy atom. The summed E-state index contributed by atoms with van der Waals surface area (Å²) in [6, 6.07) is 0. The van der Waals surface area contributed by atoms with Crippen molar-refractivity contribution in [2.75, 3.05) is 7.11 Å². The lowest BCUT2D eigenvalue weighted by Gasteiger charge is -2.24. The average molecular weight is 274 g/mol. The minimum absolute atomic E-state index is 0.228. The smallest absolute Gasteiger partial charge is 0.333 e. The van der Waals surface area contributed by atoms with Gasteiger partial charge in [-0.3, -0.25) is 13.9 Å². The first kappa shape index (κ1) is 12.7. The maximum absolute atomic E-state index is 12.4. The van der Waals surface area contributed by atoms with Gasteiger partial charge in [0.25, 0.3) is 11.3 Å². The van der Waals surface area contributed by atoms with Crippen LogP contribution in [0.2, 0.25) is 0 Å². The summed E-state index contributed by atoms with van der Waals surface area (Å²) < 4.78 is 13.7. The third-order valence-electron chi connectivity index (χ3n) is 3.61. The Kier molecular flexibility index (Phi) is 2.58. The molecule has 2 aliphatic rings. The molecule has 1 unspecified atom stereocenters. The summed E-state index contributed by atoms with van der Waals surface area (Å²) in [5, 5.41) is 0. The van der Waals surface area contributed by atoms with E-state index in [0.717, 1.165) is 4.57 Å². The molecule has 1 aliphatic heterocycles. The van der Waals surface area contributed by atoms with Gasteiger partial charge in [0.1, 0.15) is 5.56 Å². The Morgan fingerprint density at radius 2 is 1.90 bits per heavy atom. The van der Waals surface area contributed by atoms with Gasteiger partial charge in [0.05, 0.1) is 0 Å². The highest BCUT2D eigenvalue weighted by molar-refractivity contribution is 5.81. The van der Waals surface area contributed by atoms with Crippen LogP contribution in [0.15, 0.2) is 40.0 Å². The number of hydrogen-bond acceptors (Lipinski definition) is 4. The van der Waals surface area contributed by atoms with Gasteiger partial charge in [-0.2, -0.15) is 0 Å². The Balaban J connectivity index is 2.43. The van der Waals surface area contributed by atoms with Crippen molar-refractivity contribution in [2.45, 2.75) is 5.79 Å². The predicted octanol–water partition coefficient (Wildman–Crippen LogP) is 0.329. The van der Waals surface area contributed by atoms with Gasteiger partial charge in [0.2, 0.25) is 5.88 Å². The average Bonchev–Trinajstić information content (AvgIpc) is 2.64. The molecule has 20 heavy (non-hydrogen) atoms. The molecule has 6 heteroatoms. The Labute approximate surface area is 114 Å². The molecule has 0 N–H and O–H groups in total. The van der Waals surface area contributed by atoms with Crippen molar-refractivity contribution in [3.8, 4) is 5.88 Å². The molecule has 1 aliphatic carbocycles. The highest BCUT2D eigenvalue weighted by Crippen LogP contribution is 2.43. The van der Waals surface area contributed by atoms with E-state index < -0.39 is 17.0 Å². The van der Waals surface area contributed by atoms with Crippen molar-refractivity contribution in [1.82, 2.24) is 9.13 Å². The molecule has 1 aromatic rings. The number of rotatable bonds is 1. The zero-order valence-corrected chi connectivity index (χ0v) is 11.4. The van der Waals surface area contributed by atoms with Gasteiger partial charge in [-0.05, 0) is 6.08 Å². The van der Waals surface area contributed by atoms with Gasteiger partial charge in [-0.15, -0.1) is 0 Å². The van der Waals surface area contributed by atoms with Crippen LogP contribution >= 0.6 is 0 Å². The van der Waals surface area contributed by atoms with E-state index in [4.69, 9.17) is 9.47 Å². The van der Waals surface area contributed by atoms with Crippen LogP contribution in [-0.4, -0.2) is 22.0 Å². The zero-order chi connectivity index (χ0) is 14.5. The second-order valence-electron chi connectivity index (χ2n) is 4.68. The number of fused-ring (bicyclic) bond motifs is 3. The topological polar surface area (TPSA) is 62.5 Å². The molecular weight excluding hydrogens is 260 g/mol. The second-order valence-corrected chi connectivity index (χ2v) is 4.68. The second kappa shape index (κ2) is 4.08. The van der Waals surface area contributed by atoms with E-state index in [-0.39, 0.29) is 5.88 Å². The molecule has 0 radical (unpaired) electrons. The number of nitrogens with zero attached hydrogens (tertiary/aromatic N) is 2. The minimum Gasteiger partial charge on any atom is -0.438 e. The maximum Gasteiger partial charge on any atom is 0.333 e. The lowest BCUT2D eigenvalue weighted by molar-refractivity contribution is -0.0713. The van der Waals surface area contributed by atoms with E-state index in [1.807, 2.05) is 6.08 Å². The van der Waals surface area contributed by atoms with Crippen molar-refractivity contribution in [2.24, 2.45) is 14.1 Å². The molecule has 1 atom stereocenters. The molecule has 0 saturated carbocycles. The van der Waals surface area contributed by atoms with Gasteiger partial charge in [0.15, 0.2) is 0 Å². The largest absolute Gasteiger partial charge is 0.438 e. The minimum atomic E-state index is -1.16. The van der Waals surface area contributed by atoms with Gasteiger partial charge >= 0.3 is 5.69 Å². The molecular formula is C14H14N2O4. The summed E-state index contributed by atoms with van der Waals surface area (Å²) in [7, 11) is 4.51. The fourth-order valence-corrected chi connectivity index (χ4v) is 2.49.